The molecule has 2 rings (SSSR count). The number of aliphatic hydroxyl groups is 1. The lowest BCUT2D eigenvalue weighted by atomic mass is 10.1. The maximum absolute atomic E-state index is 9.33. The molecule has 0 radical (unpaired) electrons. The van der Waals surface area contributed by atoms with E-state index in [1.807, 2.05) is 27.0 Å². The lowest BCUT2D eigenvalue weighted by Gasteiger charge is -2.10. The Balaban J connectivity index is 2.37. The summed E-state index contributed by atoms with van der Waals surface area (Å²) in [6.07, 6.45) is 3.36. The minimum absolute atomic E-state index is 0.0886. The van der Waals surface area contributed by atoms with Crippen LogP contribution in [0, 0.1) is 13.8 Å². The van der Waals surface area contributed by atoms with E-state index in [4.69, 9.17) is 4.74 Å². The molecule has 5 heteroatoms. The first-order valence-corrected chi connectivity index (χ1v) is 5.34. The summed E-state index contributed by atoms with van der Waals surface area (Å²) < 4.78 is 7.28. The average Bonchev–Trinajstić information content (AvgIpc) is 2.63. The van der Waals surface area contributed by atoms with Crippen LogP contribution in [0.1, 0.15) is 16.8 Å². The molecule has 5 nitrogen and oxygen atoms in total. The first-order chi connectivity index (χ1) is 8.10. The molecule has 0 aromatic carbocycles. The third-order valence-electron chi connectivity index (χ3n) is 2.49. The van der Waals surface area contributed by atoms with Crippen LogP contribution in [0.15, 0.2) is 18.5 Å². The SMILES string of the molecule is Cc1cc(C)c(CO)c(Oc2cnn(C)c2)n1. The number of nitrogens with zero attached hydrogens (tertiary/aromatic N) is 3. The molecule has 0 saturated carbocycles. The molecule has 0 saturated heterocycles. The van der Waals surface area contributed by atoms with E-state index in [9.17, 15) is 5.11 Å². The number of aliphatic hydroxyl groups excluding tert-OH is 1. The highest BCUT2D eigenvalue weighted by molar-refractivity contribution is 5.37. The minimum Gasteiger partial charge on any atom is -0.435 e. The van der Waals surface area contributed by atoms with Crippen molar-refractivity contribution in [2.24, 2.45) is 7.05 Å². The Morgan fingerprint density at radius 2 is 2.18 bits per heavy atom. The topological polar surface area (TPSA) is 60.2 Å². The second-order valence-electron chi connectivity index (χ2n) is 3.97. The summed E-state index contributed by atoms with van der Waals surface area (Å²) in [4.78, 5) is 4.29. The van der Waals surface area contributed by atoms with Crippen molar-refractivity contribution in [3.05, 3.63) is 35.3 Å². The van der Waals surface area contributed by atoms with Crippen molar-refractivity contribution in [2.45, 2.75) is 20.5 Å². The zero-order valence-electron chi connectivity index (χ0n) is 10.1. The van der Waals surface area contributed by atoms with Crippen LogP contribution in [-0.4, -0.2) is 19.9 Å². The van der Waals surface area contributed by atoms with Crippen LogP contribution in [0.2, 0.25) is 0 Å². The van der Waals surface area contributed by atoms with Gasteiger partial charge in [0.05, 0.1) is 19.0 Å². The van der Waals surface area contributed by atoms with Crippen LogP contribution in [0.5, 0.6) is 11.6 Å². The van der Waals surface area contributed by atoms with Gasteiger partial charge in [0.15, 0.2) is 5.75 Å². The van der Waals surface area contributed by atoms with Crippen LogP contribution in [-0.2, 0) is 13.7 Å². The highest BCUT2D eigenvalue weighted by Gasteiger charge is 2.11. The molecule has 2 aromatic heterocycles. The van der Waals surface area contributed by atoms with Gasteiger partial charge in [0.25, 0.3) is 0 Å². The molecule has 0 atom stereocenters. The molecule has 0 fully saturated rings. The Morgan fingerprint density at radius 3 is 2.76 bits per heavy atom. The summed E-state index contributed by atoms with van der Waals surface area (Å²) in [5.41, 5.74) is 2.54. The zero-order chi connectivity index (χ0) is 12.4. The maximum Gasteiger partial charge on any atom is 0.225 e. The monoisotopic (exact) mass is 233 g/mol. The van der Waals surface area contributed by atoms with Gasteiger partial charge in [-0.3, -0.25) is 4.68 Å². The average molecular weight is 233 g/mol. The summed E-state index contributed by atoms with van der Waals surface area (Å²) in [6, 6.07) is 1.92. The van der Waals surface area contributed by atoms with Crippen molar-refractivity contribution in [3.63, 3.8) is 0 Å². The predicted molar refractivity (Wildman–Crippen MR) is 62.9 cm³/mol. The molecule has 0 amide bonds. The van der Waals surface area contributed by atoms with Gasteiger partial charge >= 0.3 is 0 Å². The first kappa shape index (κ1) is 11.6. The van der Waals surface area contributed by atoms with E-state index in [-0.39, 0.29) is 6.61 Å². The van der Waals surface area contributed by atoms with E-state index in [1.165, 1.54) is 0 Å². The predicted octanol–water partition coefficient (Wildman–Crippen LogP) is 1.72. The Hall–Kier alpha value is -1.88. The molecule has 17 heavy (non-hydrogen) atoms. The fourth-order valence-electron chi connectivity index (χ4n) is 1.67. The fraction of sp³-hybridized carbons (Fsp3) is 0.333. The molecule has 0 unspecified atom stereocenters. The molecular formula is C12H15N3O2. The maximum atomic E-state index is 9.33. The number of aromatic nitrogens is 3. The number of aryl methyl sites for hydroxylation is 3. The molecule has 2 heterocycles. The molecule has 0 bridgehead atoms. The summed E-state index contributed by atoms with van der Waals surface area (Å²) >= 11 is 0. The molecule has 1 N–H and O–H groups in total. The summed E-state index contributed by atoms with van der Waals surface area (Å²) in [7, 11) is 1.81. The second-order valence-corrected chi connectivity index (χ2v) is 3.97. The Bertz CT molecular complexity index is 535. The van der Waals surface area contributed by atoms with Gasteiger partial charge < -0.3 is 9.84 Å². The van der Waals surface area contributed by atoms with Gasteiger partial charge in [-0.25, -0.2) is 4.98 Å². The van der Waals surface area contributed by atoms with Crippen LogP contribution < -0.4 is 4.74 Å². The minimum atomic E-state index is -0.0886. The van der Waals surface area contributed by atoms with Crippen LogP contribution in [0.3, 0.4) is 0 Å². The standard InChI is InChI=1S/C12H15N3O2/c1-8-4-9(2)14-12(11(8)7-16)17-10-5-13-15(3)6-10/h4-6,16H,7H2,1-3H3. The normalized spacial score (nSPS) is 10.6. The smallest absolute Gasteiger partial charge is 0.225 e. The Labute approximate surface area is 99.7 Å². The van der Waals surface area contributed by atoms with E-state index in [0.29, 0.717) is 17.2 Å². The van der Waals surface area contributed by atoms with Gasteiger partial charge in [0.1, 0.15) is 0 Å². The van der Waals surface area contributed by atoms with Crippen molar-refractivity contribution in [3.8, 4) is 11.6 Å². The van der Waals surface area contributed by atoms with Gasteiger partial charge in [0.2, 0.25) is 5.88 Å². The van der Waals surface area contributed by atoms with Gasteiger partial charge in [-0.2, -0.15) is 5.10 Å². The molecule has 0 aliphatic carbocycles. The van der Waals surface area contributed by atoms with Crippen molar-refractivity contribution in [1.82, 2.24) is 14.8 Å². The third kappa shape index (κ3) is 2.45. The number of rotatable bonds is 3. The highest BCUT2D eigenvalue weighted by Crippen LogP contribution is 2.25. The van der Waals surface area contributed by atoms with Crippen LogP contribution >= 0.6 is 0 Å². The van der Waals surface area contributed by atoms with Crippen molar-refractivity contribution < 1.29 is 9.84 Å². The second kappa shape index (κ2) is 4.55. The molecule has 2 aromatic rings. The molecule has 0 aliphatic heterocycles. The molecular weight excluding hydrogens is 218 g/mol. The van der Waals surface area contributed by atoms with Gasteiger partial charge in [-0.05, 0) is 25.5 Å². The summed E-state index contributed by atoms with van der Waals surface area (Å²) in [5, 5.41) is 13.3. The van der Waals surface area contributed by atoms with Gasteiger partial charge in [-0.1, -0.05) is 0 Å². The number of hydrogen-bond acceptors (Lipinski definition) is 4. The van der Waals surface area contributed by atoms with E-state index in [2.05, 4.69) is 10.1 Å². The molecule has 0 aliphatic rings. The Kier molecular flexibility index (Phi) is 3.10. The summed E-state index contributed by atoms with van der Waals surface area (Å²) in [6.45, 7) is 3.73. The fourth-order valence-corrected chi connectivity index (χ4v) is 1.67. The molecule has 90 valence electrons. The number of pyridine rings is 1. The number of hydrogen-bond donors (Lipinski definition) is 1. The lowest BCUT2D eigenvalue weighted by molar-refractivity contribution is 0.274. The van der Waals surface area contributed by atoms with Crippen LogP contribution in [0.4, 0.5) is 0 Å². The van der Waals surface area contributed by atoms with E-state index in [0.717, 1.165) is 11.3 Å². The van der Waals surface area contributed by atoms with Crippen molar-refractivity contribution in [2.75, 3.05) is 0 Å². The quantitative estimate of drug-likeness (QED) is 0.876. The largest absolute Gasteiger partial charge is 0.435 e. The van der Waals surface area contributed by atoms with Crippen molar-refractivity contribution >= 4 is 0 Å². The van der Waals surface area contributed by atoms with Crippen molar-refractivity contribution in [1.29, 1.82) is 0 Å². The third-order valence-corrected chi connectivity index (χ3v) is 2.49. The zero-order valence-corrected chi connectivity index (χ0v) is 10.1. The van der Waals surface area contributed by atoms with E-state index >= 15 is 0 Å². The first-order valence-electron chi connectivity index (χ1n) is 5.34. The van der Waals surface area contributed by atoms with Gasteiger partial charge in [-0.15, -0.1) is 0 Å². The highest BCUT2D eigenvalue weighted by atomic mass is 16.5. The number of ether oxygens (including phenoxy) is 1. The van der Waals surface area contributed by atoms with E-state index < -0.39 is 0 Å². The van der Waals surface area contributed by atoms with E-state index in [1.54, 1.807) is 17.1 Å². The lowest BCUT2D eigenvalue weighted by Crippen LogP contribution is -1.99. The molecule has 0 spiro atoms. The van der Waals surface area contributed by atoms with Crippen LogP contribution in [0.25, 0.3) is 0 Å². The summed E-state index contributed by atoms with van der Waals surface area (Å²) in [5.74, 6) is 1.05. The Morgan fingerprint density at radius 1 is 1.41 bits per heavy atom. The van der Waals surface area contributed by atoms with Gasteiger partial charge in [0, 0.05) is 18.3 Å².